The number of benzene rings is 1. The maximum Gasteiger partial charge on any atom is 0.272 e. The Morgan fingerprint density at radius 1 is 1.22 bits per heavy atom. The van der Waals surface area contributed by atoms with Gasteiger partial charge in [0.2, 0.25) is 0 Å². The lowest BCUT2D eigenvalue weighted by atomic mass is 10.0. The number of anilines is 2. The number of sulfone groups is 1. The van der Waals surface area contributed by atoms with Gasteiger partial charge in [0.15, 0.2) is 9.84 Å². The van der Waals surface area contributed by atoms with Gasteiger partial charge in [-0.05, 0) is 36.1 Å². The van der Waals surface area contributed by atoms with E-state index >= 15 is 0 Å². The number of nitrogens with one attached hydrogen (secondary N) is 1. The first-order valence-corrected chi connectivity index (χ1v) is 10.9. The first kappa shape index (κ1) is 19.4. The molecule has 0 saturated carbocycles. The summed E-state index contributed by atoms with van der Waals surface area (Å²) >= 11 is 0. The smallest absolute Gasteiger partial charge is 0.272 e. The third-order valence-corrected chi connectivity index (χ3v) is 6.67. The summed E-state index contributed by atoms with van der Waals surface area (Å²) in [6, 6.07) is 11.3. The molecule has 2 aromatic rings. The molecule has 27 heavy (non-hydrogen) atoms. The van der Waals surface area contributed by atoms with Gasteiger partial charge >= 0.3 is 0 Å². The number of hydrogen-bond acceptors (Lipinski definition) is 5. The Labute approximate surface area is 160 Å². The van der Waals surface area contributed by atoms with Gasteiger partial charge in [0.05, 0.1) is 23.4 Å². The number of pyridine rings is 1. The number of nitrogens with zero attached hydrogens (tertiary/aromatic N) is 2. The second kappa shape index (κ2) is 7.68. The standard InChI is InChI=1S/C20H25N3O3S/c1-14(2)17-6-4-5-7-18(17)22-15-8-9-19(21-12-15)20(24)23(3)16-10-11-27(25,26)13-16/h4-9,12,14,16,22H,10-11,13H2,1-3H3. The normalized spacial score (nSPS) is 18.4. The molecule has 0 radical (unpaired) electrons. The van der Waals surface area contributed by atoms with Gasteiger partial charge in [0, 0.05) is 18.8 Å². The largest absolute Gasteiger partial charge is 0.354 e. The summed E-state index contributed by atoms with van der Waals surface area (Å²) in [6.45, 7) is 4.28. The maximum atomic E-state index is 12.6. The molecule has 144 valence electrons. The van der Waals surface area contributed by atoms with E-state index in [2.05, 4.69) is 30.2 Å². The molecule has 0 bridgehead atoms. The third kappa shape index (κ3) is 4.47. The van der Waals surface area contributed by atoms with Crippen molar-refractivity contribution in [3.63, 3.8) is 0 Å². The fourth-order valence-electron chi connectivity index (χ4n) is 3.29. The van der Waals surface area contributed by atoms with E-state index in [0.29, 0.717) is 18.0 Å². The van der Waals surface area contributed by atoms with E-state index in [1.807, 2.05) is 24.3 Å². The Bertz CT molecular complexity index is 924. The lowest BCUT2D eigenvalue weighted by Gasteiger charge is -2.23. The molecule has 6 nitrogen and oxygen atoms in total. The highest BCUT2D eigenvalue weighted by molar-refractivity contribution is 7.91. The Balaban J connectivity index is 1.71. The molecule has 0 aliphatic carbocycles. The molecule has 3 rings (SSSR count). The van der Waals surface area contributed by atoms with Crippen LogP contribution in [0.25, 0.3) is 0 Å². The molecule has 1 unspecified atom stereocenters. The van der Waals surface area contributed by atoms with Gasteiger partial charge in [0.1, 0.15) is 5.69 Å². The number of para-hydroxylation sites is 1. The van der Waals surface area contributed by atoms with Crippen molar-refractivity contribution in [1.29, 1.82) is 0 Å². The first-order chi connectivity index (χ1) is 12.8. The molecule has 1 aromatic heterocycles. The fraction of sp³-hybridized carbons (Fsp3) is 0.400. The maximum absolute atomic E-state index is 12.6. The summed E-state index contributed by atoms with van der Waals surface area (Å²) in [7, 11) is -1.39. The highest BCUT2D eigenvalue weighted by atomic mass is 32.2. The topological polar surface area (TPSA) is 79.4 Å². The average molecular weight is 388 g/mol. The van der Waals surface area contributed by atoms with Gasteiger partial charge in [-0.2, -0.15) is 0 Å². The van der Waals surface area contributed by atoms with Gasteiger partial charge in [-0.15, -0.1) is 0 Å². The van der Waals surface area contributed by atoms with Crippen molar-refractivity contribution >= 4 is 27.1 Å². The molecule has 7 heteroatoms. The highest BCUT2D eigenvalue weighted by Crippen LogP contribution is 2.26. The highest BCUT2D eigenvalue weighted by Gasteiger charge is 2.33. The first-order valence-electron chi connectivity index (χ1n) is 9.06. The molecule has 2 heterocycles. The van der Waals surface area contributed by atoms with Gasteiger partial charge in [-0.25, -0.2) is 13.4 Å². The van der Waals surface area contributed by atoms with E-state index in [4.69, 9.17) is 0 Å². The zero-order chi connectivity index (χ0) is 19.6. The van der Waals surface area contributed by atoms with Crippen LogP contribution in [0.2, 0.25) is 0 Å². The summed E-state index contributed by atoms with van der Waals surface area (Å²) in [5.74, 6) is 0.298. The Morgan fingerprint density at radius 3 is 2.56 bits per heavy atom. The van der Waals surface area contributed by atoms with Crippen LogP contribution in [0.3, 0.4) is 0 Å². The molecule has 1 aromatic carbocycles. The Hall–Kier alpha value is -2.41. The van der Waals surface area contributed by atoms with E-state index < -0.39 is 9.84 Å². The van der Waals surface area contributed by atoms with Crippen molar-refractivity contribution in [2.45, 2.75) is 32.2 Å². The summed E-state index contributed by atoms with van der Waals surface area (Å²) < 4.78 is 23.3. The second-order valence-electron chi connectivity index (χ2n) is 7.27. The molecule has 1 atom stereocenters. The zero-order valence-corrected chi connectivity index (χ0v) is 16.7. The molecule has 1 N–H and O–H groups in total. The Morgan fingerprint density at radius 2 is 1.96 bits per heavy atom. The molecule has 1 amide bonds. The molecule has 1 aliphatic rings. The van der Waals surface area contributed by atoms with Crippen LogP contribution < -0.4 is 5.32 Å². The molecule has 1 aliphatic heterocycles. The lowest BCUT2D eigenvalue weighted by molar-refractivity contribution is 0.0742. The summed E-state index contributed by atoms with van der Waals surface area (Å²) in [4.78, 5) is 18.4. The van der Waals surface area contributed by atoms with Gasteiger partial charge in [0.25, 0.3) is 5.91 Å². The van der Waals surface area contributed by atoms with E-state index in [0.717, 1.165) is 11.4 Å². The van der Waals surface area contributed by atoms with Crippen LogP contribution in [-0.4, -0.2) is 48.8 Å². The zero-order valence-electron chi connectivity index (χ0n) is 15.8. The fourth-order valence-corrected chi connectivity index (χ4v) is 5.07. The van der Waals surface area contributed by atoms with Crippen molar-refractivity contribution in [1.82, 2.24) is 9.88 Å². The summed E-state index contributed by atoms with van der Waals surface area (Å²) in [5, 5.41) is 3.35. The number of carbonyl (C=O) groups excluding carboxylic acids is 1. The minimum absolute atomic E-state index is 0.0286. The second-order valence-corrected chi connectivity index (χ2v) is 9.50. The van der Waals surface area contributed by atoms with Crippen molar-refractivity contribution < 1.29 is 13.2 Å². The number of amides is 1. The molecule has 1 fully saturated rings. The summed E-state index contributed by atoms with van der Waals surface area (Å²) in [6.07, 6.45) is 2.11. The van der Waals surface area contributed by atoms with Gasteiger partial charge in [-0.1, -0.05) is 32.0 Å². The van der Waals surface area contributed by atoms with Gasteiger partial charge in [-0.3, -0.25) is 4.79 Å². The Kier molecular flexibility index (Phi) is 5.51. The van der Waals surface area contributed by atoms with Crippen molar-refractivity contribution in [2.75, 3.05) is 23.9 Å². The minimum Gasteiger partial charge on any atom is -0.354 e. The lowest BCUT2D eigenvalue weighted by Crippen LogP contribution is -2.38. The average Bonchev–Trinajstić information content (AvgIpc) is 3.01. The molecule has 0 spiro atoms. The van der Waals surface area contributed by atoms with Crippen molar-refractivity contribution in [3.8, 4) is 0 Å². The van der Waals surface area contributed by atoms with Crippen LogP contribution in [0, 0.1) is 0 Å². The van der Waals surface area contributed by atoms with E-state index in [9.17, 15) is 13.2 Å². The predicted molar refractivity (Wildman–Crippen MR) is 107 cm³/mol. The van der Waals surface area contributed by atoms with Crippen LogP contribution in [0.15, 0.2) is 42.6 Å². The van der Waals surface area contributed by atoms with E-state index in [-0.39, 0.29) is 23.5 Å². The molecule has 1 saturated heterocycles. The third-order valence-electron chi connectivity index (χ3n) is 4.92. The van der Waals surface area contributed by atoms with Crippen LogP contribution in [0.1, 0.15) is 42.2 Å². The van der Waals surface area contributed by atoms with Crippen LogP contribution in [0.4, 0.5) is 11.4 Å². The quantitative estimate of drug-likeness (QED) is 0.852. The van der Waals surface area contributed by atoms with Crippen LogP contribution in [-0.2, 0) is 9.84 Å². The predicted octanol–water partition coefficient (Wildman–Crippen LogP) is 3.21. The molecular weight excluding hydrogens is 362 g/mol. The van der Waals surface area contributed by atoms with E-state index in [1.54, 1.807) is 19.3 Å². The number of aromatic nitrogens is 1. The van der Waals surface area contributed by atoms with Crippen molar-refractivity contribution in [3.05, 3.63) is 53.9 Å². The van der Waals surface area contributed by atoms with Gasteiger partial charge < -0.3 is 10.2 Å². The minimum atomic E-state index is -3.03. The van der Waals surface area contributed by atoms with Crippen LogP contribution >= 0.6 is 0 Å². The number of hydrogen-bond donors (Lipinski definition) is 1. The summed E-state index contributed by atoms with van der Waals surface area (Å²) in [5.41, 5.74) is 3.33. The monoisotopic (exact) mass is 387 g/mol. The van der Waals surface area contributed by atoms with E-state index in [1.165, 1.54) is 10.5 Å². The number of carbonyl (C=O) groups is 1. The van der Waals surface area contributed by atoms with Crippen LogP contribution in [0.5, 0.6) is 0 Å². The SMILES string of the molecule is CC(C)c1ccccc1Nc1ccc(C(=O)N(C)C2CCS(=O)(=O)C2)nc1. The molecular formula is C20H25N3O3S. The number of rotatable bonds is 5. The van der Waals surface area contributed by atoms with Crippen molar-refractivity contribution in [2.24, 2.45) is 0 Å².